The average Bonchev–Trinajstić information content (AvgIpc) is 2.32. The molecule has 0 N–H and O–H groups in total. The summed E-state index contributed by atoms with van der Waals surface area (Å²) in [6, 6.07) is 0. The summed E-state index contributed by atoms with van der Waals surface area (Å²) in [5, 5.41) is 0. The van der Waals surface area contributed by atoms with E-state index in [1.54, 1.807) is 13.8 Å². The zero-order valence-electron chi connectivity index (χ0n) is 13.5. The fourth-order valence-electron chi connectivity index (χ4n) is 2.16. The van der Waals surface area contributed by atoms with Crippen LogP contribution in [0, 0.1) is 5.92 Å². The van der Waals surface area contributed by atoms with Gasteiger partial charge >= 0.3 is 11.9 Å². The Morgan fingerprint density at radius 2 is 1.81 bits per heavy atom. The van der Waals surface area contributed by atoms with Crippen molar-refractivity contribution >= 4 is 11.9 Å². The van der Waals surface area contributed by atoms with Crippen LogP contribution in [-0.4, -0.2) is 43.1 Å². The lowest BCUT2D eigenvalue weighted by Crippen LogP contribution is -2.47. The van der Waals surface area contributed by atoms with Gasteiger partial charge in [0.05, 0.1) is 25.2 Å². The minimum atomic E-state index is -0.813. The molecule has 0 aromatic rings. The molecular weight excluding hydrogens is 276 g/mol. The molecule has 1 heterocycles. The van der Waals surface area contributed by atoms with Crippen molar-refractivity contribution < 1.29 is 28.5 Å². The first kappa shape index (κ1) is 17.9. The number of hydrogen-bond donors (Lipinski definition) is 0. The predicted octanol–water partition coefficient (Wildman–Crippen LogP) is 2.05. The van der Waals surface area contributed by atoms with Crippen LogP contribution in [0.1, 0.15) is 47.5 Å². The summed E-state index contributed by atoms with van der Waals surface area (Å²) >= 11 is 0. The van der Waals surface area contributed by atoms with Crippen LogP contribution < -0.4 is 0 Å². The van der Waals surface area contributed by atoms with Crippen LogP contribution in [0.3, 0.4) is 0 Å². The number of rotatable bonds is 6. The third kappa shape index (κ3) is 7.43. The summed E-state index contributed by atoms with van der Waals surface area (Å²) in [5.41, 5.74) is 0. The molecule has 0 aromatic heterocycles. The molecule has 0 aromatic carbocycles. The molecule has 1 saturated heterocycles. The van der Waals surface area contributed by atoms with Gasteiger partial charge in [0.1, 0.15) is 6.61 Å². The molecule has 0 bridgehead atoms. The molecule has 1 aliphatic heterocycles. The quantitative estimate of drug-likeness (QED) is 0.699. The molecule has 0 aliphatic carbocycles. The Labute approximate surface area is 126 Å². The van der Waals surface area contributed by atoms with Gasteiger partial charge in [-0.3, -0.25) is 9.59 Å². The van der Waals surface area contributed by atoms with E-state index in [1.807, 2.05) is 13.8 Å². The van der Waals surface area contributed by atoms with E-state index in [2.05, 4.69) is 0 Å². The van der Waals surface area contributed by atoms with Gasteiger partial charge in [0.2, 0.25) is 0 Å². The first-order valence-corrected chi connectivity index (χ1v) is 7.32. The van der Waals surface area contributed by atoms with E-state index in [0.717, 1.165) is 0 Å². The second kappa shape index (κ2) is 7.75. The number of carbonyl (C=O) groups is 2. The molecule has 1 aliphatic rings. The molecule has 0 saturated carbocycles. The molecular formula is C15H26O6. The second-order valence-electron chi connectivity index (χ2n) is 6.20. The minimum absolute atomic E-state index is 0.166. The first-order chi connectivity index (χ1) is 9.68. The Bertz CT molecular complexity index is 363. The lowest BCUT2D eigenvalue weighted by atomic mass is 10.1. The highest BCUT2D eigenvalue weighted by molar-refractivity contribution is 5.70. The lowest BCUT2D eigenvalue weighted by Gasteiger charge is -2.40. The summed E-state index contributed by atoms with van der Waals surface area (Å²) in [7, 11) is 0. The fourth-order valence-corrected chi connectivity index (χ4v) is 2.16. The molecule has 6 nitrogen and oxygen atoms in total. The highest BCUT2D eigenvalue weighted by Gasteiger charge is 2.37. The summed E-state index contributed by atoms with van der Waals surface area (Å²) in [5.74, 6) is -1.14. The van der Waals surface area contributed by atoms with Gasteiger partial charge in [0, 0.05) is 13.3 Å². The van der Waals surface area contributed by atoms with Gasteiger partial charge in [-0.2, -0.15) is 0 Å². The van der Waals surface area contributed by atoms with Gasteiger partial charge in [0.15, 0.2) is 5.79 Å². The Morgan fingerprint density at radius 1 is 1.19 bits per heavy atom. The predicted molar refractivity (Wildman–Crippen MR) is 75.5 cm³/mol. The number of carbonyl (C=O) groups excluding carboxylic acids is 2. The normalized spacial score (nSPS) is 24.7. The summed E-state index contributed by atoms with van der Waals surface area (Å²) in [4.78, 5) is 22.6. The SMILES string of the molecule is CC(=O)OC[C@@H]1C[C@H](CC(=O)OCC(C)C)OC(C)(C)O1. The standard InChI is InChI=1S/C15H26O6/c1-10(2)8-19-14(17)7-12-6-13(9-18-11(3)16)21-15(4,5)20-12/h10,12-13H,6-9H2,1-5H3/t12-,13+/m1/s1. The molecule has 1 fully saturated rings. The van der Waals surface area contributed by atoms with Crippen molar-refractivity contribution in [2.45, 2.75) is 65.5 Å². The van der Waals surface area contributed by atoms with E-state index in [0.29, 0.717) is 18.9 Å². The van der Waals surface area contributed by atoms with E-state index in [1.165, 1.54) is 6.92 Å². The van der Waals surface area contributed by atoms with Crippen molar-refractivity contribution in [2.75, 3.05) is 13.2 Å². The third-order valence-electron chi connectivity index (χ3n) is 2.87. The van der Waals surface area contributed by atoms with Gasteiger partial charge in [-0.25, -0.2) is 0 Å². The molecule has 122 valence electrons. The molecule has 6 heteroatoms. The van der Waals surface area contributed by atoms with Crippen LogP contribution in [0.5, 0.6) is 0 Å². The fraction of sp³-hybridized carbons (Fsp3) is 0.867. The molecule has 1 rings (SSSR count). The largest absolute Gasteiger partial charge is 0.465 e. The van der Waals surface area contributed by atoms with Crippen LogP contribution >= 0.6 is 0 Å². The van der Waals surface area contributed by atoms with Crippen LogP contribution in [-0.2, 0) is 28.5 Å². The minimum Gasteiger partial charge on any atom is -0.465 e. The van der Waals surface area contributed by atoms with Crippen molar-refractivity contribution in [2.24, 2.45) is 5.92 Å². The average molecular weight is 302 g/mol. The van der Waals surface area contributed by atoms with Crippen LogP contribution in [0.2, 0.25) is 0 Å². The zero-order chi connectivity index (χ0) is 16.0. The maximum atomic E-state index is 11.8. The maximum absolute atomic E-state index is 11.8. The van der Waals surface area contributed by atoms with Crippen molar-refractivity contribution in [1.29, 1.82) is 0 Å². The van der Waals surface area contributed by atoms with Crippen molar-refractivity contribution in [3.8, 4) is 0 Å². The molecule has 21 heavy (non-hydrogen) atoms. The number of hydrogen-bond acceptors (Lipinski definition) is 6. The highest BCUT2D eigenvalue weighted by Crippen LogP contribution is 2.28. The van der Waals surface area contributed by atoms with Crippen LogP contribution in [0.4, 0.5) is 0 Å². The van der Waals surface area contributed by atoms with Crippen molar-refractivity contribution in [3.63, 3.8) is 0 Å². The molecule has 0 amide bonds. The number of esters is 2. The molecule has 0 spiro atoms. The van der Waals surface area contributed by atoms with Crippen LogP contribution in [0.25, 0.3) is 0 Å². The monoisotopic (exact) mass is 302 g/mol. The van der Waals surface area contributed by atoms with Crippen molar-refractivity contribution in [3.05, 3.63) is 0 Å². The molecule has 2 atom stereocenters. The van der Waals surface area contributed by atoms with E-state index in [4.69, 9.17) is 18.9 Å². The topological polar surface area (TPSA) is 71.1 Å². The Morgan fingerprint density at radius 3 is 2.38 bits per heavy atom. The van der Waals surface area contributed by atoms with Gasteiger partial charge in [-0.1, -0.05) is 13.8 Å². The summed E-state index contributed by atoms with van der Waals surface area (Å²) in [6.45, 7) is 9.44. The highest BCUT2D eigenvalue weighted by atomic mass is 16.7. The van der Waals surface area contributed by atoms with E-state index < -0.39 is 5.79 Å². The van der Waals surface area contributed by atoms with Crippen molar-refractivity contribution in [1.82, 2.24) is 0 Å². The summed E-state index contributed by atoms with van der Waals surface area (Å²) < 4.78 is 21.5. The summed E-state index contributed by atoms with van der Waals surface area (Å²) in [6.07, 6.45) is 0.0957. The molecule has 0 unspecified atom stereocenters. The third-order valence-corrected chi connectivity index (χ3v) is 2.87. The number of ether oxygens (including phenoxy) is 4. The van der Waals surface area contributed by atoms with E-state index >= 15 is 0 Å². The van der Waals surface area contributed by atoms with Gasteiger partial charge in [-0.05, 0) is 19.8 Å². The Balaban J connectivity index is 2.49. The Kier molecular flexibility index (Phi) is 6.61. The first-order valence-electron chi connectivity index (χ1n) is 7.32. The van der Waals surface area contributed by atoms with Gasteiger partial charge in [0.25, 0.3) is 0 Å². The maximum Gasteiger partial charge on any atom is 0.308 e. The van der Waals surface area contributed by atoms with E-state index in [9.17, 15) is 9.59 Å². The van der Waals surface area contributed by atoms with Crippen LogP contribution in [0.15, 0.2) is 0 Å². The lowest BCUT2D eigenvalue weighted by molar-refractivity contribution is -0.304. The zero-order valence-corrected chi connectivity index (χ0v) is 13.5. The smallest absolute Gasteiger partial charge is 0.308 e. The van der Waals surface area contributed by atoms with Gasteiger partial charge < -0.3 is 18.9 Å². The second-order valence-corrected chi connectivity index (χ2v) is 6.20. The molecule has 0 radical (unpaired) electrons. The Hall–Kier alpha value is -1.14. The van der Waals surface area contributed by atoms with E-state index in [-0.39, 0.29) is 37.2 Å². The van der Waals surface area contributed by atoms with Gasteiger partial charge in [-0.15, -0.1) is 0 Å².